The number of carbonyl (C=O) groups excluding carboxylic acids is 1. The van der Waals surface area contributed by atoms with Gasteiger partial charge in [-0.25, -0.2) is 0 Å². The van der Waals surface area contributed by atoms with Crippen molar-refractivity contribution in [2.24, 2.45) is 0 Å². The number of phenolic OH excluding ortho intramolecular Hbond substituents is 1. The van der Waals surface area contributed by atoms with Crippen LogP contribution < -0.4 is 5.32 Å². The quantitative estimate of drug-likeness (QED) is 0.577. The average Bonchev–Trinajstić information content (AvgIpc) is 2.37. The topological polar surface area (TPSA) is 49.3 Å². The SMILES string of the molecule is CCCNCc1cc(O)c(CC)c(C(=O)CC)c1. The summed E-state index contributed by atoms with van der Waals surface area (Å²) in [6.45, 7) is 7.54. The molecule has 0 aliphatic carbocycles. The fourth-order valence-corrected chi connectivity index (χ4v) is 2.04. The Morgan fingerprint density at radius 2 is 2.00 bits per heavy atom. The molecule has 0 aromatic heterocycles. The van der Waals surface area contributed by atoms with Gasteiger partial charge in [-0.2, -0.15) is 0 Å². The second-order valence-corrected chi connectivity index (χ2v) is 4.45. The lowest BCUT2D eigenvalue weighted by Crippen LogP contribution is -2.14. The molecule has 0 radical (unpaired) electrons. The predicted molar refractivity (Wildman–Crippen MR) is 74.1 cm³/mol. The molecule has 3 heteroatoms. The second kappa shape index (κ2) is 7.17. The molecule has 0 saturated carbocycles. The van der Waals surface area contributed by atoms with E-state index in [1.165, 1.54) is 0 Å². The van der Waals surface area contributed by atoms with E-state index in [0.29, 0.717) is 24.9 Å². The molecule has 2 N–H and O–H groups in total. The summed E-state index contributed by atoms with van der Waals surface area (Å²) in [4.78, 5) is 11.9. The molecule has 0 heterocycles. The van der Waals surface area contributed by atoms with Crippen molar-refractivity contribution in [3.8, 4) is 5.75 Å². The summed E-state index contributed by atoms with van der Waals surface area (Å²) >= 11 is 0. The summed E-state index contributed by atoms with van der Waals surface area (Å²) in [5.74, 6) is 0.338. The van der Waals surface area contributed by atoms with Crippen molar-refractivity contribution in [1.82, 2.24) is 5.32 Å². The van der Waals surface area contributed by atoms with E-state index in [4.69, 9.17) is 0 Å². The van der Waals surface area contributed by atoms with Crippen molar-refractivity contribution in [3.63, 3.8) is 0 Å². The highest BCUT2D eigenvalue weighted by molar-refractivity contribution is 5.98. The number of aromatic hydroxyl groups is 1. The van der Waals surface area contributed by atoms with Gasteiger partial charge in [0.1, 0.15) is 5.75 Å². The molecule has 18 heavy (non-hydrogen) atoms. The van der Waals surface area contributed by atoms with E-state index < -0.39 is 0 Å². The molecule has 0 spiro atoms. The zero-order valence-electron chi connectivity index (χ0n) is 11.5. The van der Waals surface area contributed by atoms with Gasteiger partial charge in [-0.1, -0.05) is 20.8 Å². The maximum absolute atomic E-state index is 11.9. The normalized spacial score (nSPS) is 10.6. The summed E-state index contributed by atoms with van der Waals surface area (Å²) in [6, 6.07) is 3.67. The minimum atomic E-state index is 0.0968. The molecule has 0 bridgehead atoms. The lowest BCUT2D eigenvalue weighted by molar-refractivity contribution is 0.0986. The van der Waals surface area contributed by atoms with Crippen molar-refractivity contribution in [3.05, 3.63) is 28.8 Å². The average molecular weight is 249 g/mol. The molecular formula is C15H23NO2. The Morgan fingerprint density at radius 3 is 2.56 bits per heavy atom. The largest absolute Gasteiger partial charge is 0.508 e. The Morgan fingerprint density at radius 1 is 1.28 bits per heavy atom. The highest BCUT2D eigenvalue weighted by Crippen LogP contribution is 2.25. The van der Waals surface area contributed by atoms with Crippen LogP contribution >= 0.6 is 0 Å². The van der Waals surface area contributed by atoms with Crippen LogP contribution in [0.25, 0.3) is 0 Å². The molecular weight excluding hydrogens is 226 g/mol. The van der Waals surface area contributed by atoms with Crippen LogP contribution in [0, 0.1) is 0 Å². The fraction of sp³-hybridized carbons (Fsp3) is 0.533. The first-order valence-electron chi connectivity index (χ1n) is 6.72. The van der Waals surface area contributed by atoms with Gasteiger partial charge in [0.05, 0.1) is 0 Å². The molecule has 0 saturated heterocycles. The lowest BCUT2D eigenvalue weighted by atomic mass is 9.96. The van der Waals surface area contributed by atoms with Gasteiger partial charge in [-0.05, 0) is 37.1 Å². The third-order valence-electron chi connectivity index (χ3n) is 3.02. The van der Waals surface area contributed by atoms with Gasteiger partial charge >= 0.3 is 0 Å². The van der Waals surface area contributed by atoms with E-state index in [1.54, 1.807) is 6.07 Å². The summed E-state index contributed by atoms with van der Waals surface area (Å²) in [7, 11) is 0. The highest BCUT2D eigenvalue weighted by atomic mass is 16.3. The van der Waals surface area contributed by atoms with Gasteiger partial charge < -0.3 is 10.4 Å². The number of hydrogen-bond donors (Lipinski definition) is 2. The first-order chi connectivity index (χ1) is 8.63. The van der Waals surface area contributed by atoms with E-state index in [1.807, 2.05) is 19.9 Å². The second-order valence-electron chi connectivity index (χ2n) is 4.45. The molecule has 0 amide bonds. The summed E-state index contributed by atoms with van der Waals surface area (Å²) < 4.78 is 0. The number of benzene rings is 1. The van der Waals surface area contributed by atoms with Gasteiger partial charge in [0.15, 0.2) is 5.78 Å². The number of phenols is 1. The Labute approximate surface area is 109 Å². The third kappa shape index (κ3) is 3.57. The summed E-state index contributed by atoms with van der Waals surface area (Å²) in [6.07, 6.45) is 2.22. The summed E-state index contributed by atoms with van der Waals surface area (Å²) in [5, 5.41) is 13.3. The number of rotatable bonds is 7. The van der Waals surface area contributed by atoms with Gasteiger partial charge in [-0.3, -0.25) is 4.79 Å². The molecule has 3 nitrogen and oxygen atoms in total. The van der Waals surface area contributed by atoms with Crippen molar-refractivity contribution in [2.45, 2.75) is 46.6 Å². The lowest BCUT2D eigenvalue weighted by Gasteiger charge is -2.12. The van der Waals surface area contributed by atoms with Gasteiger partial charge in [0, 0.05) is 24.1 Å². The smallest absolute Gasteiger partial charge is 0.163 e. The zero-order chi connectivity index (χ0) is 13.5. The minimum absolute atomic E-state index is 0.0968. The van der Waals surface area contributed by atoms with Crippen LogP contribution in [0.4, 0.5) is 0 Å². The third-order valence-corrected chi connectivity index (χ3v) is 3.02. The van der Waals surface area contributed by atoms with Crippen molar-refractivity contribution >= 4 is 5.78 Å². The van der Waals surface area contributed by atoms with Crippen molar-refractivity contribution in [1.29, 1.82) is 0 Å². The Bertz CT molecular complexity index is 413. The van der Waals surface area contributed by atoms with E-state index in [0.717, 1.165) is 24.1 Å². The van der Waals surface area contributed by atoms with E-state index in [9.17, 15) is 9.90 Å². The molecule has 100 valence electrons. The molecule has 0 unspecified atom stereocenters. The highest BCUT2D eigenvalue weighted by Gasteiger charge is 2.13. The van der Waals surface area contributed by atoms with Crippen molar-refractivity contribution in [2.75, 3.05) is 6.54 Å². The zero-order valence-corrected chi connectivity index (χ0v) is 11.5. The molecule has 0 fully saturated rings. The Balaban J connectivity index is 3.02. The van der Waals surface area contributed by atoms with Crippen LogP contribution in [0.3, 0.4) is 0 Å². The maximum atomic E-state index is 11.9. The molecule has 0 aliphatic heterocycles. The van der Waals surface area contributed by atoms with Gasteiger partial charge in [0.2, 0.25) is 0 Å². The van der Waals surface area contributed by atoms with Gasteiger partial charge in [0.25, 0.3) is 0 Å². The Hall–Kier alpha value is -1.35. The van der Waals surface area contributed by atoms with Crippen LogP contribution in [0.2, 0.25) is 0 Å². The molecule has 0 aliphatic rings. The minimum Gasteiger partial charge on any atom is -0.508 e. The first kappa shape index (κ1) is 14.7. The number of nitrogens with one attached hydrogen (secondary N) is 1. The Kier molecular flexibility index (Phi) is 5.86. The van der Waals surface area contributed by atoms with Crippen LogP contribution in [-0.4, -0.2) is 17.4 Å². The molecule has 0 atom stereocenters. The number of hydrogen-bond acceptors (Lipinski definition) is 3. The molecule has 1 rings (SSSR count). The first-order valence-corrected chi connectivity index (χ1v) is 6.72. The molecule has 1 aromatic carbocycles. The van der Waals surface area contributed by atoms with Crippen LogP contribution in [-0.2, 0) is 13.0 Å². The van der Waals surface area contributed by atoms with E-state index >= 15 is 0 Å². The monoisotopic (exact) mass is 249 g/mol. The standard InChI is InChI=1S/C15H23NO2/c1-4-7-16-10-11-8-13(14(17)6-3)12(5-2)15(18)9-11/h8-9,16,18H,4-7,10H2,1-3H3. The van der Waals surface area contributed by atoms with Crippen LogP contribution in [0.15, 0.2) is 12.1 Å². The van der Waals surface area contributed by atoms with Crippen LogP contribution in [0.1, 0.15) is 55.1 Å². The number of Topliss-reactive ketones (excluding diaryl/α,β-unsaturated/α-hetero) is 1. The van der Waals surface area contributed by atoms with Crippen LogP contribution in [0.5, 0.6) is 5.75 Å². The molecule has 1 aromatic rings. The van der Waals surface area contributed by atoms with Crippen molar-refractivity contribution < 1.29 is 9.90 Å². The number of carbonyl (C=O) groups is 1. The fourth-order valence-electron chi connectivity index (χ4n) is 2.04. The number of ketones is 1. The van der Waals surface area contributed by atoms with Gasteiger partial charge in [-0.15, -0.1) is 0 Å². The van der Waals surface area contributed by atoms with E-state index in [2.05, 4.69) is 12.2 Å². The van der Waals surface area contributed by atoms with E-state index in [-0.39, 0.29) is 11.5 Å². The summed E-state index contributed by atoms with van der Waals surface area (Å²) in [5.41, 5.74) is 2.41. The maximum Gasteiger partial charge on any atom is 0.163 e. The predicted octanol–water partition coefficient (Wildman–Crippen LogP) is 3.05.